The van der Waals surface area contributed by atoms with Gasteiger partial charge in [0.2, 0.25) is 0 Å². The van der Waals surface area contributed by atoms with E-state index in [1.54, 1.807) is 0 Å². The van der Waals surface area contributed by atoms with E-state index in [0.29, 0.717) is 0 Å². The van der Waals surface area contributed by atoms with Crippen LogP contribution in [0.1, 0.15) is 0 Å². The first-order chi connectivity index (χ1) is 7.84. The van der Waals surface area contributed by atoms with Gasteiger partial charge in [0.1, 0.15) is 12.4 Å². The number of sulfone groups is 1. The van der Waals surface area contributed by atoms with Crippen molar-refractivity contribution in [3.05, 3.63) is 24.0 Å². The van der Waals surface area contributed by atoms with Gasteiger partial charge in [-0.05, 0) is 18.2 Å². The Labute approximate surface area is 98.5 Å². The molecule has 1 aromatic rings. The van der Waals surface area contributed by atoms with Gasteiger partial charge in [0.15, 0.2) is 9.84 Å². The van der Waals surface area contributed by atoms with Crippen molar-refractivity contribution in [1.29, 1.82) is 0 Å². The van der Waals surface area contributed by atoms with Crippen molar-refractivity contribution >= 4 is 21.5 Å². The highest BCUT2D eigenvalue weighted by Crippen LogP contribution is 2.19. The summed E-state index contributed by atoms with van der Waals surface area (Å²) in [4.78, 5) is 10.8. The molecule has 0 atom stereocenters. The maximum absolute atomic E-state index is 13.3. The Morgan fingerprint density at radius 2 is 2.12 bits per heavy atom. The minimum absolute atomic E-state index is 0.0220. The van der Waals surface area contributed by atoms with Crippen LogP contribution >= 0.6 is 0 Å². The molecule has 1 rings (SSSR count). The molecule has 0 fully saturated rings. The first kappa shape index (κ1) is 13.4. The van der Waals surface area contributed by atoms with Gasteiger partial charge in [-0.15, -0.1) is 0 Å². The summed E-state index contributed by atoms with van der Waals surface area (Å²) in [6, 6.07) is 3.32. The number of hydrogen-bond donors (Lipinski definition) is 1. The first-order valence-electron chi connectivity index (χ1n) is 4.65. The number of anilines is 1. The maximum Gasteiger partial charge on any atom is 0.325 e. The van der Waals surface area contributed by atoms with Gasteiger partial charge in [0, 0.05) is 6.26 Å². The normalized spacial score (nSPS) is 11.0. The van der Waals surface area contributed by atoms with Gasteiger partial charge in [-0.1, -0.05) is 0 Å². The van der Waals surface area contributed by atoms with Crippen LogP contribution in [0.2, 0.25) is 0 Å². The van der Waals surface area contributed by atoms with E-state index in [2.05, 4.69) is 10.1 Å². The number of benzene rings is 1. The zero-order valence-corrected chi connectivity index (χ0v) is 10.2. The fourth-order valence-electron chi connectivity index (χ4n) is 1.11. The van der Waals surface area contributed by atoms with Crippen LogP contribution in [0.15, 0.2) is 23.1 Å². The van der Waals surface area contributed by atoms with Crippen LogP contribution in [0.5, 0.6) is 0 Å². The molecule has 0 amide bonds. The van der Waals surface area contributed by atoms with Crippen molar-refractivity contribution in [3.63, 3.8) is 0 Å². The monoisotopic (exact) mass is 261 g/mol. The van der Waals surface area contributed by atoms with E-state index in [-0.39, 0.29) is 17.1 Å². The smallest absolute Gasteiger partial charge is 0.325 e. The lowest BCUT2D eigenvalue weighted by molar-refractivity contribution is -0.138. The number of esters is 1. The SMILES string of the molecule is COC(=O)CNc1cc(S(C)(=O)=O)ccc1F. The summed E-state index contributed by atoms with van der Waals surface area (Å²) < 4.78 is 40.2. The Hall–Kier alpha value is -1.63. The summed E-state index contributed by atoms with van der Waals surface area (Å²) in [6.07, 6.45) is 1.02. The summed E-state index contributed by atoms with van der Waals surface area (Å²) in [5.74, 6) is -1.21. The molecule has 0 aromatic heterocycles. The minimum atomic E-state index is -3.41. The van der Waals surface area contributed by atoms with E-state index in [4.69, 9.17) is 0 Å². The molecule has 94 valence electrons. The lowest BCUT2D eigenvalue weighted by Gasteiger charge is -2.07. The van der Waals surface area contributed by atoms with Crippen molar-refractivity contribution in [2.24, 2.45) is 0 Å². The molecule has 0 spiro atoms. The summed E-state index contributed by atoms with van der Waals surface area (Å²) >= 11 is 0. The largest absolute Gasteiger partial charge is 0.468 e. The highest BCUT2D eigenvalue weighted by molar-refractivity contribution is 7.90. The fraction of sp³-hybridized carbons (Fsp3) is 0.300. The first-order valence-corrected chi connectivity index (χ1v) is 6.54. The highest BCUT2D eigenvalue weighted by Gasteiger charge is 2.11. The highest BCUT2D eigenvalue weighted by atomic mass is 32.2. The molecule has 1 aromatic carbocycles. The van der Waals surface area contributed by atoms with Gasteiger partial charge in [-0.25, -0.2) is 12.8 Å². The molecule has 0 saturated carbocycles. The van der Waals surface area contributed by atoms with E-state index < -0.39 is 21.6 Å². The average molecular weight is 261 g/mol. The van der Waals surface area contributed by atoms with Gasteiger partial charge >= 0.3 is 5.97 Å². The molecule has 7 heteroatoms. The summed E-state index contributed by atoms with van der Waals surface area (Å²) in [5, 5.41) is 2.46. The molecule has 0 saturated heterocycles. The van der Waals surface area contributed by atoms with Gasteiger partial charge in [-0.2, -0.15) is 0 Å². The fourth-order valence-corrected chi connectivity index (χ4v) is 1.76. The molecular formula is C10H12FNO4S. The van der Waals surface area contributed by atoms with Crippen molar-refractivity contribution < 1.29 is 22.3 Å². The Balaban J connectivity index is 2.96. The van der Waals surface area contributed by atoms with Crippen LogP contribution in [0.4, 0.5) is 10.1 Å². The van der Waals surface area contributed by atoms with Crippen molar-refractivity contribution in [2.45, 2.75) is 4.90 Å². The second-order valence-electron chi connectivity index (χ2n) is 3.34. The second kappa shape index (κ2) is 5.13. The van der Waals surface area contributed by atoms with E-state index in [1.165, 1.54) is 7.11 Å². The van der Waals surface area contributed by atoms with Crippen LogP contribution < -0.4 is 5.32 Å². The predicted molar refractivity (Wildman–Crippen MR) is 60.0 cm³/mol. The Kier molecular flexibility index (Phi) is 4.06. The Morgan fingerprint density at radius 3 is 2.65 bits per heavy atom. The van der Waals surface area contributed by atoms with E-state index in [0.717, 1.165) is 24.5 Å². The van der Waals surface area contributed by atoms with Gasteiger partial charge < -0.3 is 10.1 Å². The molecule has 5 nitrogen and oxygen atoms in total. The molecule has 0 radical (unpaired) electrons. The van der Waals surface area contributed by atoms with Crippen LogP contribution in [0.25, 0.3) is 0 Å². The number of hydrogen-bond acceptors (Lipinski definition) is 5. The molecule has 1 N–H and O–H groups in total. The van der Waals surface area contributed by atoms with Crippen LogP contribution in [-0.4, -0.2) is 34.3 Å². The van der Waals surface area contributed by atoms with Gasteiger partial charge in [0.25, 0.3) is 0 Å². The number of halogens is 1. The molecule has 0 unspecified atom stereocenters. The van der Waals surface area contributed by atoms with Crippen LogP contribution in [0.3, 0.4) is 0 Å². The topological polar surface area (TPSA) is 72.5 Å². The van der Waals surface area contributed by atoms with Crippen LogP contribution in [0, 0.1) is 5.82 Å². The van der Waals surface area contributed by atoms with Crippen molar-refractivity contribution in [2.75, 3.05) is 25.2 Å². The molecule has 0 aliphatic carbocycles. The number of nitrogens with one attached hydrogen (secondary N) is 1. The molecule has 17 heavy (non-hydrogen) atoms. The van der Waals surface area contributed by atoms with Gasteiger partial charge in [-0.3, -0.25) is 4.79 Å². The second-order valence-corrected chi connectivity index (χ2v) is 5.36. The minimum Gasteiger partial charge on any atom is -0.468 e. The average Bonchev–Trinajstić information content (AvgIpc) is 2.26. The predicted octanol–water partition coefficient (Wildman–Crippen LogP) is 0.814. The Bertz CT molecular complexity index is 527. The van der Waals surface area contributed by atoms with Crippen LogP contribution in [-0.2, 0) is 19.4 Å². The molecular weight excluding hydrogens is 249 g/mol. The third-order valence-corrected chi connectivity index (χ3v) is 3.13. The zero-order chi connectivity index (χ0) is 13.1. The molecule has 0 aliphatic rings. The van der Waals surface area contributed by atoms with Crippen molar-refractivity contribution in [3.8, 4) is 0 Å². The standard InChI is InChI=1S/C10H12FNO4S/c1-16-10(13)6-12-9-5-7(17(2,14)15)3-4-8(9)11/h3-5,12H,6H2,1-2H3. The van der Waals surface area contributed by atoms with E-state index in [9.17, 15) is 17.6 Å². The third-order valence-electron chi connectivity index (χ3n) is 2.02. The maximum atomic E-state index is 13.3. The quantitative estimate of drug-likeness (QED) is 0.641. The van der Waals surface area contributed by atoms with E-state index in [1.807, 2.05) is 0 Å². The van der Waals surface area contributed by atoms with E-state index >= 15 is 0 Å². The lowest BCUT2D eigenvalue weighted by atomic mass is 10.3. The number of methoxy groups -OCH3 is 1. The number of ether oxygens (including phenoxy) is 1. The zero-order valence-electron chi connectivity index (χ0n) is 9.36. The molecule has 0 bridgehead atoms. The summed E-state index contributed by atoms with van der Waals surface area (Å²) in [7, 11) is -2.21. The number of carbonyl (C=O) groups is 1. The lowest BCUT2D eigenvalue weighted by Crippen LogP contribution is -2.16. The summed E-state index contributed by atoms with van der Waals surface area (Å²) in [5.41, 5.74) is -0.0571. The third kappa shape index (κ3) is 3.70. The molecule has 0 heterocycles. The van der Waals surface area contributed by atoms with Gasteiger partial charge in [0.05, 0.1) is 17.7 Å². The summed E-state index contributed by atoms with van der Waals surface area (Å²) in [6.45, 7) is -0.235. The number of rotatable bonds is 4. The number of carbonyl (C=O) groups excluding carboxylic acids is 1. The molecule has 0 aliphatic heterocycles. The Morgan fingerprint density at radius 1 is 1.47 bits per heavy atom. The van der Waals surface area contributed by atoms with Crippen molar-refractivity contribution in [1.82, 2.24) is 0 Å².